The van der Waals surface area contributed by atoms with Gasteiger partial charge in [0.05, 0.1) is 23.0 Å². The van der Waals surface area contributed by atoms with Crippen molar-refractivity contribution < 1.29 is 26.4 Å². The van der Waals surface area contributed by atoms with Crippen molar-refractivity contribution in [2.45, 2.75) is 61.7 Å². The van der Waals surface area contributed by atoms with Gasteiger partial charge in [0.1, 0.15) is 17.8 Å². The Bertz CT molecular complexity index is 1950. The molecule has 10 nitrogen and oxygen atoms in total. The Labute approximate surface area is 261 Å². The van der Waals surface area contributed by atoms with E-state index in [1.807, 2.05) is 6.08 Å². The van der Waals surface area contributed by atoms with Gasteiger partial charge in [0.2, 0.25) is 0 Å². The third-order valence-electron chi connectivity index (χ3n) is 8.97. The van der Waals surface area contributed by atoms with Crippen molar-refractivity contribution in [2.75, 3.05) is 0 Å². The van der Waals surface area contributed by atoms with Gasteiger partial charge in [0, 0.05) is 43.2 Å². The number of allylic oxidation sites excluding steroid dienone is 1. The Morgan fingerprint density at radius 1 is 1.09 bits per heavy atom. The number of benzene rings is 1. The van der Waals surface area contributed by atoms with Gasteiger partial charge in [0.25, 0.3) is 21.1 Å². The SMILES string of the molecule is Cn1cnc(S(=O)(=O)N(C2CC(F)(F)C2)[C@H]2CCC3=Cc4c(cnn4-c4ccc(F)cc4)C[C@]3(C(=O)c3cc(Cl)ccn3)C2)n1. The molecule has 3 aliphatic rings. The molecule has 7 rings (SSSR count). The van der Waals surface area contributed by atoms with Crippen LogP contribution in [-0.2, 0) is 23.5 Å². The van der Waals surface area contributed by atoms with E-state index in [0.717, 1.165) is 21.1 Å². The second kappa shape index (κ2) is 10.6. The molecule has 0 radical (unpaired) electrons. The molecule has 3 heterocycles. The number of halogens is 4. The van der Waals surface area contributed by atoms with E-state index in [2.05, 4.69) is 20.2 Å². The van der Waals surface area contributed by atoms with Gasteiger partial charge in [-0.05, 0) is 73.7 Å². The topological polar surface area (TPSA) is 116 Å². The number of alkyl halides is 2. The highest BCUT2D eigenvalue weighted by Gasteiger charge is 2.57. The van der Waals surface area contributed by atoms with Gasteiger partial charge in [-0.2, -0.15) is 9.40 Å². The molecule has 0 aliphatic heterocycles. The van der Waals surface area contributed by atoms with Crippen molar-refractivity contribution in [3.8, 4) is 5.69 Å². The summed E-state index contributed by atoms with van der Waals surface area (Å²) >= 11 is 6.25. The molecule has 234 valence electrons. The average Bonchev–Trinajstić information content (AvgIpc) is 3.61. The smallest absolute Gasteiger partial charge is 0.282 e. The zero-order valence-electron chi connectivity index (χ0n) is 23.9. The fourth-order valence-electron chi connectivity index (χ4n) is 6.90. The number of aryl methyl sites for hydroxylation is 1. The third-order valence-corrected chi connectivity index (χ3v) is 11.0. The van der Waals surface area contributed by atoms with Gasteiger partial charge in [-0.3, -0.25) is 14.5 Å². The highest BCUT2D eigenvalue weighted by atomic mass is 35.5. The fourth-order valence-corrected chi connectivity index (χ4v) is 8.77. The number of pyridine rings is 1. The predicted molar refractivity (Wildman–Crippen MR) is 157 cm³/mol. The number of rotatable bonds is 7. The number of carbonyl (C=O) groups is 1. The largest absolute Gasteiger partial charge is 0.291 e. The molecule has 45 heavy (non-hydrogen) atoms. The van der Waals surface area contributed by atoms with Crippen molar-refractivity contribution in [3.63, 3.8) is 0 Å². The summed E-state index contributed by atoms with van der Waals surface area (Å²) in [4.78, 5) is 22.8. The Morgan fingerprint density at radius 2 is 1.84 bits per heavy atom. The Hall–Kier alpha value is -3.88. The van der Waals surface area contributed by atoms with Crippen LogP contribution in [0, 0.1) is 11.2 Å². The van der Waals surface area contributed by atoms with Crippen molar-refractivity contribution in [1.82, 2.24) is 33.8 Å². The van der Waals surface area contributed by atoms with E-state index in [0.29, 0.717) is 17.1 Å². The molecule has 0 N–H and O–H groups in total. The number of aromatic nitrogens is 6. The molecule has 15 heteroatoms. The van der Waals surface area contributed by atoms with Crippen LogP contribution in [-0.4, -0.2) is 66.0 Å². The van der Waals surface area contributed by atoms with E-state index >= 15 is 0 Å². The number of fused-ring (bicyclic) bond motifs is 2. The molecule has 2 fully saturated rings. The number of sulfonamides is 1. The summed E-state index contributed by atoms with van der Waals surface area (Å²) in [6, 6.07) is 7.09. The van der Waals surface area contributed by atoms with Gasteiger partial charge in [-0.25, -0.2) is 31.3 Å². The van der Waals surface area contributed by atoms with Crippen molar-refractivity contribution in [2.24, 2.45) is 12.5 Å². The molecule has 3 aliphatic carbocycles. The minimum atomic E-state index is -4.41. The van der Waals surface area contributed by atoms with Crippen LogP contribution in [0.3, 0.4) is 0 Å². The van der Waals surface area contributed by atoms with Crippen molar-refractivity contribution >= 4 is 33.5 Å². The summed E-state index contributed by atoms with van der Waals surface area (Å²) in [5.41, 5.74) is 1.66. The lowest BCUT2D eigenvalue weighted by atomic mass is 9.60. The lowest BCUT2D eigenvalue weighted by Crippen LogP contribution is -2.59. The summed E-state index contributed by atoms with van der Waals surface area (Å²) in [6.45, 7) is 0. The van der Waals surface area contributed by atoms with Gasteiger partial charge in [0.15, 0.2) is 5.78 Å². The minimum Gasteiger partial charge on any atom is -0.291 e. The molecular formula is C30H27ClF3N7O3S. The molecule has 1 aromatic carbocycles. The second-order valence-electron chi connectivity index (χ2n) is 11.9. The van der Waals surface area contributed by atoms with E-state index in [9.17, 15) is 26.4 Å². The van der Waals surface area contributed by atoms with Crippen LogP contribution in [0.4, 0.5) is 13.2 Å². The first-order valence-corrected chi connectivity index (χ1v) is 16.2. The van der Waals surface area contributed by atoms with Gasteiger partial charge in [-0.15, -0.1) is 5.10 Å². The Balaban J connectivity index is 1.33. The molecular weight excluding hydrogens is 631 g/mol. The standard InChI is InChI=1S/C30H27ClF3N7O3S/c1-39-17-36-28(38-39)45(43,44)41(24-14-30(33,34)15-24)23-5-2-19-10-26-18(16-37-40(26)22-6-3-21(32)4-7-22)12-29(19,13-23)27(42)25-11-20(31)8-9-35-25/h3-4,6-11,16-17,23-24H,2,5,12-15H2,1H3/t23-,29-/m0/s1. The van der Waals surface area contributed by atoms with Crippen LogP contribution in [0.25, 0.3) is 11.8 Å². The highest BCUT2D eigenvalue weighted by Crippen LogP contribution is 2.53. The van der Waals surface area contributed by atoms with Crippen LogP contribution < -0.4 is 0 Å². The third kappa shape index (κ3) is 5.08. The van der Waals surface area contributed by atoms with Crippen molar-refractivity contribution in [3.05, 3.63) is 88.5 Å². The van der Waals surface area contributed by atoms with E-state index < -0.39 is 51.4 Å². The average molecular weight is 658 g/mol. The molecule has 2 atom stereocenters. The monoisotopic (exact) mass is 657 g/mol. The summed E-state index contributed by atoms with van der Waals surface area (Å²) in [5.74, 6) is -3.74. The second-order valence-corrected chi connectivity index (χ2v) is 14.1. The summed E-state index contributed by atoms with van der Waals surface area (Å²) in [6.07, 6.45) is 5.66. The van der Waals surface area contributed by atoms with Crippen LogP contribution in [0.2, 0.25) is 5.02 Å². The summed E-state index contributed by atoms with van der Waals surface area (Å²) in [7, 11) is -2.89. The lowest BCUT2D eigenvalue weighted by molar-refractivity contribution is -0.116. The first-order valence-electron chi connectivity index (χ1n) is 14.3. The van der Waals surface area contributed by atoms with E-state index in [1.165, 1.54) is 42.5 Å². The van der Waals surface area contributed by atoms with Crippen LogP contribution in [0.5, 0.6) is 0 Å². The number of carbonyl (C=O) groups excluding carboxylic acids is 1. The molecule has 4 aromatic rings. The first-order chi connectivity index (χ1) is 21.4. The maximum Gasteiger partial charge on any atom is 0.282 e. The normalized spacial score (nSPS) is 22.8. The van der Waals surface area contributed by atoms with E-state index in [-0.39, 0.29) is 36.6 Å². The molecule has 0 bridgehead atoms. The molecule has 3 aromatic heterocycles. The van der Waals surface area contributed by atoms with Gasteiger partial charge < -0.3 is 0 Å². The molecule has 2 saturated carbocycles. The predicted octanol–water partition coefficient (Wildman–Crippen LogP) is 5.04. The van der Waals surface area contributed by atoms with E-state index in [1.54, 1.807) is 29.1 Å². The number of hydrogen-bond donors (Lipinski definition) is 0. The van der Waals surface area contributed by atoms with Gasteiger partial charge in [-0.1, -0.05) is 17.2 Å². The number of hydrogen-bond acceptors (Lipinski definition) is 7. The maximum atomic E-state index is 14.5. The van der Waals surface area contributed by atoms with E-state index in [4.69, 9.17) is 11.6 Å². The van der Waals surface area contributed by atoms with Crippen molar-refractivity contribution in [1.29, 1.82) is 0 Å². The zero-order valence-corrected chi connectivity index (χ0v) is 25.5. The van der Waals surface area contributed by atoms with Crippen LogP contribution in [0.1, 0.15) is 53.8 Å². The first kappa shape index (κ1) is 29.8. The van der Waals surface area contributed by atoms with Gasteiger partial charge >= 0.3 is 0 Å². The summed E-state index contributed by atoms with van der Waals surface area (Å²) < 4.78 is 74.1. The lowest BCUT2D eigenvalue weighted by Gasteiger charge is -2.50. The fraction of sp³-hybridized carbons (Fsp3) is 0.367. The molecule has 0 amide bonds. The molecule has 0 spiro atoms. The zero-order chi connectivity index (χ0) is 31.7. The highest BCUT2D eigenvalue weighted by molar-refractivity contribution is 7.89. The Kier molecular flexibility index (Phi) is 7.02. The minimum absolute atomic E-state index is 0.0150. The molecule has 0 saturated heterocycles. The summed E-state index contributed by atoms with van der Waals surface area (Å²) in [5, 5.41) is 8.34. The number of ketones is 1. The van der Waals surface area contributed by atoms with Crippen LogP contribution >= 0.6 is 11.6 Å². The Morgan fingerprint density at radius 3 is 2.51 bits per heavy atom. The number of Topliss-reactive ketones (excluding diaryl/α,β-unsaturated/α-hetero) is 1. The molecule has 0 unspecified atom stereocenters. The maximum absolute atomic E-state index is 14.5. The quantitative estimate of drug-likeness (QED) is 0.256. The number of nitrogens with zero attached hydrogens (tertiary/aromatic N) is 7. The van der Waals surface area contributed by atoms with Crippen LogP contribution in [0.15, 0.2) is 65.8 Å².